The van der Waals surface area contributed by atoms with Crippen molar-refractivity contribution in [2.24, 2.45) is 0 Å². The van der Waals surface area contributed by atoms with E-state index in [1.54, 1.807) is 0 Å². The van der Waals surface area contributed by atoms with Gasteiger partial charge in [0, 0.05) is 0 Å². The minimum Gasteiger partial charge on any atom is -0.248 e. The molecule has 0 aliphatic rings. The molecule has 0 saturated heterocycles. The molecule has 0 aliphatic carbocycles. The van der Waals surface area contributed by atoms with E-state index in [1.165, 1.54) is 0 Å². The van der Waals surface area contributed by atoms with Gasteiger partial charge < -0.3 is 0 Å². The maximum absolute atomic E-state index is 9.26. The molecule has 4 nitrogen and oxygen atoms in total. The quantitative estimate of drug-likeness (QED) is 0.393. The van der Waals surface area contributed by atoms with E-state index < -0.39 is 17.4 Å². The first-order valence-electron chi connectivity index (χ1n) is 0.924. The van der Waals surface area contributed by atoms with Crippen molar-refractivity contribution in [2.45, 2.75) is 0 Å². The molecule has 36 valence electrons. The van der Waals surface area contributed by atoms with Gasteiger partial charge in [-0.05, 0) is 0 Å². The van der Waals surface area contributed by atoms with Crippen LogP contribution in [-0.4, -0.2) is 13.0 Å². The third kappa shape index (κ3) is 4.01. The van der Waals surface area contributed by atoms with Crippen LogP contribution in [-0.2, 0) is 14.3 Å². The van der Waals surface area contributed by atoms with E-state index >= 15 is 0 Å². The summed E-state index contributed by atoms with van der Waals surface area (Å²) in [5, 5.41) is 0. The van der Waals surface area contributed by atoms with Crippen molar-refractivity contribution in [3.8, 4) is 0 Å². The summed E-state index contributed by atoms with van der Waals surface area (Å²) in [6.45, 7) is 0. The third-order valence-corrected chi connectivity index (χ3v) is 0.948. The Hall–Kier alpha value is 0.01000. The lowest BCUT2D eigenvalue weighted by molar-refractivity contribution is 0.497. The SMILES string of the molecule is O=[PH+]S(=O)(=O)O. The number of hydrogen-bond acceptors (Lipinski definition) is 3. The van der Waals surface area contributed by atoms with Crippen molar-refractivity contribution in [3.63, 3.8) is 0 Å². The van der Waals surface area contributed by atoms with E-state index in [2.05, 4.69) is 0 Å². The van der Waals surface area contributed by atoms with Crippen molar-refractivity contribution in [3.05, 3.63) is 0 Å². The van der Waals surface area contributed by atoms with Crippen LogP contribution in [0.25, 0.3) is 0 Å². The molecule has 0 amide bonds. The summed E-state index contributed by atoms with van der Waals surface area (Å²) in [6.07, 6.45) is 0. The van der Waals surface area contributed by atoms with Crippen molar-refractivity contribution >= 4 is 17.4 Å². The minimum atomic E-state index is -4.19. The summed E-state index contributed by atoms with van der Waals surface area (Å²) in [7, 11) is -5.84. The Balaban J connectivity index is 4.25. The zero-order valence-corrected chi connectivity index (χ0v) is 4.40. The van der Waals surface area contributed by atoms with E-state index in [4.69, 9.17) is 9.12 Å². The molecule has 0 aromatic heterocycles. The monoisotopic (exact) mass is 129 g/mol. The largest absolute Gasteiger partial charge is 0.483 e. The average Bonchev–Trinajstić information content (AvgIpc) is 1.35. The molecule has 1 unspecified atom stereocenters. The fourth-order valence-electron chi connectivity index (χ4n) is 0. The summed E-state index contributed by atoms with van der Waals surface area (Å²) >= 11 is 0. The molecule has 0 bridgehead atoms. The van der Waals surface area contributed by atoms with Gasteiger partial charge in [-0.3, -0.25) is 0 Å². The van der Waals surface area contributed by atoms with Crippen LogP contribution in [0, 0.1) is 0 Å². The van der Waals surface area contributed by atoms with Gasteiger partial charge in [-0.15, -0.1) is 0 Å². The normalized spacial score (nSPS) is 12.2. The Labute approximate surface area is 35.9 Å². The molecule has 0 saturated carbocycles. The topological polar surface area (TPSA) is 71.4 Å². The molecule has 6 heteroatoms. The zero-order valence-electron chi connectivity index (χ0n) is 2.58. The van der Waals surface area contributed by atoms with Crippen LogP contribution < -0.4 is 0 Å². The standard InChI is InChI=1S/HO4PS/c1-5-6(2,3)4/h(H,2,3,4)/p+1. The first-order chi connectivity index (χ1) is 2.56. The summed E-state index contributed by atoms with van der Waals surface area (Å²) in [5.41, 5.74) is 0. The molecule has 0 heterocycles. The Morgan fingerprint density at radius 1 is 1.50 bits per heavy atom. The van der Waals surface area contributed by atoms with E-state index in [0.717, 1.165) is 0 Å². The Bertz CT molecular complexity index is 118. The lowest BCUT2D eigenvalue weighted by atomic mass is 15.9. The molecule has 0 aliphatic heterocycles. The molecule has 0 radical (unpaired) electrons. The molecular formula is H2O4PS+. The maximum atomic E-state index is 9.26. The van der Waals surface area contributed by atoms with Crippen LogP contribution in [0.3, 0.4) is 0 Å². The van der Waals surface area contributed by atoms with Gasteiger partial charge >= 0.3 is 17.4 Å². The summed E-state index contributed by atoms with van der Waals surface area (Å²) in [4.78, 5) is 0. The maximum Gasteiger partial charge on any atom is 0.483 e. The number of hydrogen-bond donors (Lipinski definition) is 1. The number of rotatable bonds is 1. The van der Waals surface area contributed by atoms with Crippen LogP contribution in [0.15, 0.2) is 0 Å². The molecule has 0 spiro atoms. The highest BCUT2D eigenvalue weighted by Gasteiger charge is 2.08. The van der Waals surface area contributed by atoms with Crippen LogP contribution >= 0.6 is 7.66 Å². The molecule has 1 atom stereocenters. The van der Waals surface area contributed by atoms with Crippen molar-refractivity contribution in [2.75, 3.05) is 0 Å². The van der Waals surface area contributed by atoms with Gasteiger partial charge in [-0.1, -0.05) is 4.57 Å². The van der Waals surface area contributed by atoms with Gasteiger partial charge in [0.25, 0.3) is 0 Å². The first-order valence-corrected chi connectivity index (χ1v) is 4.00. The minimum absolute atomic E-state index is 1.66. The van der Waals surface area contributed by atoms with Gasteiger partial charge in [-0.25, -0.2) is 4.55 Å². The predicted octanol–water partition coefficient (Wildman–Crippen LogP) is -0.187. The average molecular weight is 129 g/mol. The van der Waals surface area contributed by atoms with Crippen LogP contribution in [0.4, 0.5) is 0 Å². The van der Waals surface area contributed by atoms with Gasteiger partial charge in [0.15, 0.2) is 0 Å². The second-order valence-corrected chi connectivity index (χ2v) is 3.72. The Morgan fingerprint density at radius 2 is 1.67 bits per heavy atom. The fraction of sp³-hybridized carbons (Fsp3) is 0. The summed E-state index contributed by atoms with van der Waals surface area (Å²) < 4.78 is 35.2. The second-order valence-electron chi connectivity index (χ2n) is 0.558. The lowest BCUT2D eigenvalue weighted by Gasteiger charge is -1.57. The Morgan fingerprint density at radius 3 is 1.67 bits per heavy atom. The molecule has 0 fully saturated rings. The highest BCUT2D eigenvalue weighted by molar-refractivity contribution is 8.36. The van der Waals surface area contributed by atoms with Gasteiger partial charge in [-0.2, -0.15) is 8.42 Å². The smallest absolute Gasteiger partial charge is 0.248 e. The lowest BCUT2D eigenvalue weighted by Crippen LogP contribution is -1.78. The van der Waals surface area contributed by atoms with E-state index in [9.17, 15) is 8.42 Å². The van der Waals surface area contributed by atoms with Gasteiger partial charge in [0.05, 0.1) is 0 Å². The second kappa shape index (κ2) is 1.64. The van der Waals surface area contributed by atoms with Crippen molar-refractivity contribution in [1.82, 2.24) is 0 Å². The highest BCUT2D eigenvalue weighted by Crippen LogP contribution is 1.99. The molecule has 0 aromatic rings. The van der Waals surface area contributed by atoms with Crippen molar-refractivity contribution < 1.29 is 17.5 Å². The molecule has 0 rings (SSSR count). The molecule has 6 heavy (non-hydrogen) atoms. The summed E-state index contributed by atoms with van der Waals surface area (Å²) in [6, 6.07) is 0. The van der Waals surface area contributed by atoms with Crippen LogP contribution in [0.1, 0.15) is 0 Å². The van der Waals surface area contributed by atoms with Crippen LogP contribution in [0.5, 0.6) is 0 Å². The molecule has 0 aromatic carbocycles. The first kappa shape index (κ1) is 6.01. The third-order valence-electron chi connectivity index (χ3n) is 0.105. The van der Waals surface area contributed by atoms with Gasteiger partial charge in [0.1, 0.15) is 0 Å². The molecule has 1 N–H and O–H groups in total. The van der Waals surface area contributed by atoms with Crippen LogP contribution in [0.2, 0.25) is 0 Å². The van der Waals surface area contributed by atoms with E-state index in [0.29, 0.717) is 0 Å². The molecular weight excluding hydrogens is 127 g/mol. The van der Waals surface area contributed by atoms with Crippen molar-refractivity contribution in [1.29, 1.82) is 0 Å². The predicted molar refractivity (Wildman–Crippen MR) is 20.6 cm³/mol. The van der Waals surface area contributed by atoms with E-state index in [-0.39, 0.29) is 0 Å². The Kier molecular flexibility index (Phi) is 1.64. The van der Waals surface area contributed by atoms with Gasteiger partial charge in [0.2, 0.25) is 0 Å². The summed E-state index contributed by atoms with van der Waals surface area (Å²) in [5.74, 6) is 0. The highest BCUT2D eigenvalue weighted by atomic mass is 32.8. The zero-order chi connectivity index (χ0) is 5.21. The fourth-order valence-corrected chi connectivity index (χ4v) is 0. The van der Waals surface area contributed by atoms with E-state index in [1.807, 2.05) is 0 Å².